The summed E-state index contributed by atoms with van der Waals surface area (Å²) in [5.74, 6) is 1.67. The monoisotopic (exact) mass is 279 g/mol. The molecule has 1 N–H and O–H groups in total. The Hall–Kier alpha value is -0.830. The number of ether oxygens (including phenoxy) is 2. The number of benzene rings is 1. The third kappa shape index (κ3) is 3.68. The van der Waals surface area contributed by atoms with Crippen LogP contribution in [0, 0.1) is 0 Å². The molecule has 0 saturated heterocycles. The van der Waals surface area contributed by atoms with Crippen LogP contribution in [-0.2, 0) is 5.21 Å². The molecule has 0 saturated carbocycles. The van der Waals surface area contributed by atoms with E-state index >= 15 is 0 Å². The van der Waals surface area contributed by atoms with Gasteiger partial charge in [-0.2, -0.15) is 0 Å². The summed E-state index contributed by atoms with van der Waals surface area (Å²) in [6.07, 6.45) is 0. The van der Waals surface area contributed by atoms with Gasteiger partial charge in [0, 0.05) is 0 Å². The molecule has 0 aliphatic carbocycles. The molecule has 9 heteroatoms. The molecule has 0 spiro atoms. The van der Waals surface area contributed by atoms with Crippen molar-refractivity contribution in [1.29, 1.82) is 0 Å². The average Bonchev–Trinajstić information content (AvgIpc) is 2.59. The van der Waals surface area contributed by atoms with Crippen LogP contribution in [0.15, 0.2) is 18.2 Å². The number of hydrogen-bond acceptors (Lipinski definition) is 3. The Kier molecular flexibility index (Phi) is 4.03. The molecule has 3 nitrogen and oxygen atoms in total. The first kappa shape index (κ1) is 16.5. The number of hydrogen-bond donors (Lipinski definition) is 1. The van der Waals surface area contributed by atoms with Gasteiger partial charge in [0.15, 0.2) is 32.8 Å². The smallest absolute Gasteiger partial charge is 0.197 e. The first-order valence-electron chi connectivity index (χ1n) is 7.71. The van der Waals surface area contributed by atoms with E-state index in [1.54, 1.807) is 0 Å². The van der Waals surface area contributed by atoms with Crippen molar-refractivity contribution in [1.82, 2.24) is 5.32 Å². The predicted octanol–water partition coefficient (Wildman–Crippen LogP) is -4.33. The molecule has 0 fully saturated rings. The van der Waals surface area contributed by atoms with Gasteiger partial charge < -0.3 is 14.8 Å². The van der Waals surface area contributed by atoms with Crippen LogP contribution in [0.25, 0.3) is 0 Å². The van der Waals surface area contributed by atoms with Crippen LogP contribution in [0.4, 0.5) is 0 Å². The fourth-order valence-electron chi connectivity index (χ4n) is 2.70. The van der Waals surface area contributed by atoms with E-state index < -0.39 is 5.59 Å². The summed E-state index contributed by atoms with van der Waals surface area (Å²) in [7, 11) is 12.8. The zero-order valence-corrected chi connectivity index (χ0v) is 14.6. The SMILES string of the molecule is BC(B)(C)N[C@@H](C)C(B)(B)c1ccc2c(c1)OC(B)(B)O2. The van der Waals surface area contributed by atoms with E-state index in [-0.39, 0.29) is 10.6 Å². The van der Waals surface area contributed by atoms with E-state index in [0.29, 0.717) is 6.04 Å². The van der Waals surface area contributed by atoms with Crippen LogP contribution in [0.3, 0.4) is 0 Å². The van der Waals surface area contributed by atoms with E-state index in [4.69, 9.17) is 9.47 Å². The molecule has 1 aromatic carbocycles. The molecule has 1 aliphatic rings. The number of nitrogens with one attached hydrogen (secondary N) is 1. The molecular formula is C12H23B6NO2. The molecule has 0 bridgehead atoms. The molecule has 2 rings (SSSR count). The molecule has 1 atom stereocenters. The van der Waals surface area contributed by atoms with Gasteiger partial charge in [-0.05, 0) is 28.7 Å². The quantitative estimate of drug-likeness (QED) is 0.565. The first-order chi connectivity index (χ1) is 9.41. The zero-order valence-electron chi connectivity index (χ0n) is 14.6. The van der Waals surface area contributed by atoms with Gasteiger partial charge in [-0.15, -0.1) is 0 Å². The summed E-state index contributed by atoms with van der Waals surface area (Å²) in [6, 6.07) is 6.62. The van der Waals surface area contributed by atoms with E-state index in [1.807, 2.05) is 21.8 Å². The van der Waals surface area contributed by atoms with Crippen LogP contribution >= 0.6 is 0 Å². The fraction of sp³-hybridized carbons (Fsp3) is 0.500. The minimum Gasteiger partial charge on any atom is -0.467 e. The highest BCUT2D eigenvalue weighted by molar-refractivity contribution is 6.42. The van der Waals surface area contributed by atoms with Crippen molar-refractivity contribution >= 4 is 47.1 Å². The highest BCUT2D eigenvalue weighted by atomic mass is 16.7. The Morgan fingerprint density at radius 3 is 2.24 bits per heavy atom. The minimum atomic E-state index is -0.569. The Balaban J connectivity index is 2.26. The minimum absolute atomic E-state index is 0.00158. The molecule has 106 valence electrons. The second-order valence-corrected chi connectivity index (χ2v) is 8.10. The van der Waals surface area contributed by atoms with Gasteiger partial charge in [0.05, 0.1) is 0 Å². The molecule has 0 unspecified atom stereocenters. The van der Waals surface area contributed by atoms with Crippen molar-refractivity contribution in [2.24, 2.45) is 0 Å². The summed E-state index contributed by atoms with van der Waals surface area (Å²) < 4.78 is 11.6. The lowest BCUT2D eigenvalue weighted by atomic mass is 9.47. The van der Waals surface area contributed by atoms with Gasteiger partial charge in [-0.25, -0.2) is 0 Å². The maximum Gasteiger partial charge on any atom is 0.197 e. The van der Waals surface area contributed by atoms with Gasteiger partial charge in [0.1, 0.15) is 31.4 Å². The summed E-state index contributed by atoms with van der Waals surface area (Å²) in [5.41, 5.74) is 0.687. The molecule has 0 radical (unpaired) electrons. The second-order valence-electron chi connectivity index (χ2n) is 8.10. The van der Waals surface area contributed by atoms with E-state index in [9.17, 15) is 0 Å². The highest BCUT2D eigenvalue weighted by Crippen LogP contribution is 2.39. The maximum absolute atomic E-state index is 5.87. The van der Waals surface area contributed by atoms with Crippen molar-refractivity contribution in [3.63, 3.8) is 0 Å². The van der Waals surface area contributed by atoms with Crippen LogP contribution in [-0.4, -0.2) is 64.0 Å². The third-order valence-electron chi connectivity index (χ3n) is 4.13. The fourth-order valence-corrected chi connectivity index (χ4v) is 2.70. The van der Waals surface area contributed by atoms with Crippen LogP contribution < -0.4 is 14.8 Å². The van der Waals surface area contributed by atoms with E-state index in [0.717, 1.165) is 11.5 Å². The Labute approximate surface area is 133 Å². The Morgan fingerprint density at radius 2 is 1.67 bits per heavy atom. The summed E-state index contributed by atoms with van der Waals surface area (Å²) in [5, 5.41) is 3.76. The van der Waals surface area contributed by atoms with Gasteiger partial charge >= 0.3 is 0 Å². The predicted molar refractivity (Wildman–Crippen MR) is 104 cm³/mol. The molecule has 1 aromatic rings. The van der Waals surface area contributed by atoms with Crippen molar-refractivity contribution < 1.29 is 9.47 Å². The van der Waals surface area contributed by atoms with E-state index in [1.165, 1.54) is 5.56 Å². The summed E-state index contributed by atoms with van der Waals surface area (Å²) in [6.45, 7) is 4.43. The lowest BCUT2D eigenvalue weighted by molar-refractivity contribution is 0.0833. The largest absolute Gasteiger partial charge is 0.467 e. The first-order valence-corrected chi connectivity index (χ1v) is 7.71. The highest BCUT2D eigenvalue weighted by Gasteiger charge is 2.35. The standard InChI is InChI=1S/C12H23B6NO2/c1-6(19-10(2,13)14)11(15,16)7-3-4-8-9(5-7)21-12(17,18)20-8/h3-6,19H,13-18H2,1-2H3/t6-/m0/s1. The van der Waals surface area contributed by atoms with Gasteiger partial charge in [0.25, 0.3) is 0 Å². The maximum atomic E-state index is 5.87. The number of fused-ring (bicyclic) bond motifs is 1. The topological polar surface area (TPSA) is 30.5 Å². The average molecular weight is 278 g/mol. The van der Waals surface area contributed by atoms with Gasteiger partial charge in [-0.1, -0.05) is 25.5 Å². The van der Waals surface area contributed by atoms with E-state index in [2.05, 4.69) is 62.7 Å². The molecular weight excluding hydrogens is 255 g/mol. The summed E-state index contributed by atoms with van der Waals surface area (Å²) in [4.78, 5) is 0. The molecule has 1 aliphatic heterocycles. The number of rotatable bonds is 4. The molecule has 0 amide bonds. The molecule has 1 heterocycles. The summed E-state index contributed by atoms with van der Waals surface area (Å²) >= 11 is 0. The third-order valence-corrected chi connectivity index (χ3v) is 4.13. The van der Waals surface area contributed by atoms with Crippen molar-refractivity contribution in [2.75, 3.05) is 0 Å². The van der Waals surface area contributed by atoms with Gasteiger partial charge in [-0.3, -0.25) is 0 Å². The lowest BCUT2D eigenvalue weighted by Gasteiger charge is -2.38. The van der Waals surface area contributed by atoms with Crippen molar-refractivity contribution in [3.8, 4) is 11.5 Å². The zero-order chi connectivity index (χ0) is 16.1. The second kappa shape index (κ2) is 5.12. The van der Waals surface area contributed by atoms with Crippen molar-refractivity contribution in [3.05, 3.63) is 23.8 Å². The molecule has 0 aromatic heterocycles. The normalized spacial score (nSPS) is 18.4. The van der Waals surface area contributed by atoms with Gasteiger partial charge in [0.2, 0.25) is 0 Å². The van der Waals surface area contributed by atoms with Crippen LogP contribution in [0.5, 0.6) is 11.5 Å². The Bertz CT molecular complexity index is 543. The van der Waals surface area contributed by atoms with Crippen molar-refractivity contribution in [2.45, 2.75) is 36.0 Å². The van der Waals surface area contributed by atoms with Crippen LogP contribution in [0.1, 0.15) is 19.4 Å². The Morgan fingerprint density at radius 1 is 1.10 bits per heavy atom. The van der Waals surface area contributed by atoms with Crippen LogP contribution in [0.2, 0.25) is 0 Å². The molecule has 21 heavy (non-hydrogen) atoms. The lowest BCUT2D eigenvalue weighted by Crippen LogP contribution is -2.57.